The van der Waals surface area contributed by atoms with Crippen molar-refractivity contribution in [3.8, 4) is 0 Å². The van der Waals surface area contributed by atoms with Crippen LogP contribution in [0.15, 0.2) is 0 Å². The molecule has 1 heterocycles. The Morgan fingerprint density at radius 1 is 1.33 bits per heavy atom. The first-order valence-electron chi connectivity index (χ1n) is 3.68. The van der Waals surface area contributed by atoms with E-state index in [9.17, 15) is 8.42 Å². The molecule has 1 N–H and O–H groups in total. The van der Waals surface area contributed by atoms with Crippen molar-refractivity contribution in [1.82, 2.24) is 0 Å². The van der Waals surface area contributed by atoms with Gasteiger partial charge in [-0.25, -0.2) is 0 Å². The van der Waals surface area contributed by atoms with Gasteiger partial charge in [-0.2, -0.15) is 8.42 Å². The molecular weight excluding hydrogens is 207 g/mol. The van der Waals surface area contributed by atoms with Crippen LogP contribution in [0.3, 0.4) is 0 Å². The van der Waals surface area contributed by atoms with E-state index >= 15 is 0 Å². The van der Waals surface area contributed by atoms with E-state index in [1.807, 2.05) is 0 Å². The number of hydrogen-bond acceptors (Lipinski definition) is 3. The molecule has 0 aliphatic carbocycles. The standard InChI is InChI=1S/C6H12O4S.K.H/c7-11(8,9)6-4-2-1-3-5-10-6;;/h6H,1-5H2,(H,7,8,9);;/q;+1;-1. The average molecular weight is 220 g/mol. The largest absolute Gasteiger partial charge is 1.00 e. The predicted octanol–water partition coefficient (Wildman–Crippen LogP) is -2.09. The van der Waals surface area contributed by atoms with Crippen LogP contribution >= 0.6 is 0 Å². The molecule has 1 saturated heterocycles. The maximum Gasteiger partial charge on any atom is 1.00 e. The summed E-state index contributed by atoms with van der Waals surface area (Å²) in [6.45, 7) is 0.435. The van der Waals surface area contributed by atoms with E-state index in [0.29, 0.717) is 13.0 Å². The Morgan fingerprint density at radius 3 is 2.58 bits per heavy atom. The van der Waals surface area contributed by atoms with Crippen LogP contribution in [0.2, 0.25) is 0 Å². The summed E-state index contributed by atoms with van der Waals surface area (Å²) < 4.78 is 34.7. The molecule has 0 aromatic rings. The van der Waals surface area contributed by atoms with Gasteiger partial charge < -0.3 is 6.16 Å². The smallest absolute Gasteiger partial charge is 1.00 e. The molecule has 0 spiro atoms. The second-order valence-electron chi connectivity index (χ2n) is 2.66. The SMILES string of the molecule is O=S(=O)(O)C1CCCCCO1.[H-].[K+]. The number of ether oxygens (including phenoxy) is 1. The summed E-state index contributed by atoms with van der Waals surface area (Å²) in [5, 5.41) is 0. The molecule has 68 valence electrons. The monoisotopic (exact) mass is 220 g/mol. The van der Waals surface area contributed by atoms with Gasteiger partial charge in [0.2, 0.25) is 0 Å². The second kappa shape index (κ2) is 6.08. The van der Waals surface area contributed by atoms with Crippen LogP contribution in [0.4, 0.5) is 0 Å². The van der Waals surface area contributed by atoms with Crippen LogP contribution in [0, 0.1) is 0 Å². The van der Waals surface area contributed by atoms with E-state index in [-0.39, 0.29) is 52.8 Å². The maximum atomic E-state index is 10.6. The number of rotatable bonds is 1. The van der Waals surface area contributed by atoms with Gasteiger partial charge in [0.05, 0.1) is 0 Å². The molecule has 1 aliphatic rings. The summed E-state index contributed by atoms with van der Waals surface area (Å²) in [5.41, 5.74) is -0.981. The molecule has 1 rings (SSSR count). The van der Waals surface area contributed by atoms with Crippen LogP contribution in [-0.2, 0) is 14.9 Å². The Labute approximate surface area is 117 Å². The molecule has 12 heavy (non-hydrogen) atoms. The van der Waals surface area contributed by atoms with Gasteiger partial charge in [-0.05, 0) is 19.3 Å². The Balaban J connectivity index is 0. The fraction of sp³-hybridized carbons (Fsp3) is 1.00. The molecule has 0 amide bonds. The summed E-state index contributed by atoms with van der Waals surface area (Å²) in [4.78, 5) is 0. The summed E-state index contributed by atoms with van der Waals surface area (Å²) >= 11 is 0. The Bertz CT molecular complexity index is 211. The first-order chi connectivity index (χ1) is 5.11. The summed E-state index contributed by atoms with van der Waals surface area (Å²) in [6, 6.07) is 0. The van der Waals surface area contributed by atoms with Gasteiger partial charge in [0.15, 0.2) is 5.44 Å². The minimum atomic E-state index is -3.97. The van der Waals surface area contributed by atoms with Crippen molar-refractivity contribution in [3.05, 3.63) is 0 Å². The van der Waals surface area contributed by atoms with Crippen molar-refractivity contribution in [2.75, 3.05) is 6.61 Å². The summed E-state index contributed by atoms with van der Waals surface area (Å²) in [5.74, 6) is 0. The van der Waals surface area contributed by atoms with Crippen molar-refractivity contribution in [2.24, 2.45) is 0 Å². The van der Waals surface area contributed by atoms with Gasteiger partial charge in [-0.3, -0.25) is 4.55 Å². The molecule has 0 radical (unpaired) electrons. The van der Waals surface area contributed by atoms with E-state index in [0.717, 1.165) is 19.3 Å². The van der Waals surface area contributed by atoms with Gasteiger partial charge in [-0.1, -0.05) is 6.42 Å². The molecule has 6 heteroatoms. The van der Waals surface area contributed by atoms with E-state index < -0.39 is 15.6 Å². The van der Waals surface area contributed by atoms with Crippen molar-refractivity contribution in [1.29, 1.82) is 0 Å². The van der Waals surface area contributed by atoms with Crippen LogP contribution in [0.5, 0.6) is 0 Å². The van der Waals surface area contributed by atoms with Gasteiger partial charge in [0.25, 0.3) is 10.1 Å². The minimum Gasteiger partial charge on any atom is -1.00 e. The Hall–Kier alpha value is 1.51. The minimum absolute atomic E-state index is 0. The molecule has 0 saturated carbocycles. The fourth-order valence-corrected chi connectivity index (χ4v) is 1.86. The molecule has 1 aliphatic heterocycles. The molecule has 1 atom stereocenters. The van der Waals surface area contributed by atoms with Gasteiger partial charge in [-0.15, -0.1) is 0 Å². The molecule has 0 bridgehead atoms. The van der Waals surface area contributed by atoms with E-state index in [4.69, 9.17) is 9.29 Å². The molecule has 1 fully saturated rings. The molecule has 0 aromatic carbocycles. The zero-order valence-electron chi connectivity index (χ0n) is 8.19. The van der Waals surface area contributed by atoms with Crippen molar-refractivity contribution >= 4 is 10.1 Å². The average Bonchev–Trinajstić information content (AvgIpc) is 2.10. The zero-order valence-corrected chi connectivity index (χ0v) is 11.1. The molecule has 1 unspecified atom stereocenters. The maximum absolute atomic E-state index is 10.6. The molecule has 0 aromatic heterocycles. The Kier molecular flexibility index (Phi) is 6.84. The first kappa shape index (κ1) is 13.5. The number of hydrogen-bond donors (Lipinski definition) is 1. The third-order valence-corrected chi connectivity index (χ3v) is 2.76. The second-order valence-corrected chi connectivity index (χ2v) is 4.22. The van der Waals surface area contributed by atoms with Crippen molar-refractivity contribution in [2.45, 2.75) is 31.1 Å². The molecular formula is C6H13KO4S. The quantitative estimate of drug-likeness (QED) is 0.406. The summed E-state index contributed by atoms with van der Waals surface area (Å²) in [7, 11) is -3.97. The fourth-order valence-electron chi connectivity index (χ4n) is 1.12. The van der Waals surface area contributed by atoms with Crippen LogP contribution in [-0.4, -0.2) is 25.0 Å². The third kappa shape index (κ3) is 4.66. The van der Waals surface area contributed by atoms with E-state index in [2.05, 4.69) is 0 Å². The van der Waals surface area contributed by atoms with Crippen LogP contribution < -0.4 is 51.4 Å². The third-order valence-electron chi connectivity index (χ3n) is 1.72. The summed E-state index contributed by atoms with van der Waals surface area (Å²) in [6.07, 6.45) is 3.08. The zero-order chi connectivity index (χ0) is 8.32. The normalized spacial score (nSPS) is 25.6. The first-order valence-corrected chi connectivity index (χ1v) is 5.19. The van der Waals surface area contributed by atoms with E-state index in [1.54, 1.807) is 0 Å². The van der Waals surface area contributed by atoms with Crippen LogP contribution in [0.25, 0.3) is 0 Å². The predicted molar refractivity (Wildman–Crippen MR) is 40.9 cm³/mol. The van der Waals surface area contributed by atoms with Gasteiger partial charge in [0, 0.05) is 6.61 Å². The molecule has 4 nitrogen and oxygen atoms in total. The van der Waals surface area contributed by atoms with Gasteiger partial charge in [0.1, 0.15) is 0 Å². The van der Waals surface area contributed by atoms with E-state index in [1.165, 1.54) is 0 Å². The van der Waals surface area contributed by atoms with Gasteiger partial charge >= 0.3 is 51.4 Å². The topological polar surface area (TPSA) is 63.6 Å². The van der Waals surface area contributed by atoms with Crippen LogP contribution in [0.1, 0.15) is 27.1 Å². The van der Waals surface area contributed by atoms with Crippen molar-refractivity contribution < 1.29 is 70.5 Å². The van der Waals surface area contributed by atoms with Crippen molar-refractivity contribution in [3.63, 3.8) is 0 Å². The Morgan fingerprint density at radius 2 is 2.00 bits per heavy atom.